The Labute approximate surface area is 77.0 Å². The van der Waals surface area contributed by atoms with Crippen LogP contribution in [-0.2, 0) is 0 Å². The van der Waals surface area contributed by atoms with Gasteiger partial charge in [0.15, 0.2) is 0 Å². The summed E-state index contributed by atoms with van der Waals surface area (Å²) in [6.07, 6.45) is 2.09. The van der Waals surface area contributed by atoms with Crippen LogP contribution in [0.2, 0.25) is 0 Å². The summed E-state index contributed by atoms with van der Waals surface area (Å²) in [6, 6.07) is 8.56. The third kappa shape index (κ3) is 1.47. The molecule has 1 aliphatic rings. The fourth-order valence-corrected chi connectivity index (χ4v) is 2.05. The van der Waals surface area contributed by atoms with Gasteiger partial charge in [-0.25, -0.2) is 0 Å². The molecule has 1 aliphatic heterocycles. The first kappa shape index (κ1) is 7.72. The molecule has 0 aliphatic carbocycles. The molecule has 0 saturated carbocycles. The zero-order valence-corrected chi connectivity index (χ0v) is 7.82. The van der Waals surface area contributed by atoms with E-state index in [4.69, 9.17) is 0 Å². The minimum absolute atomic E-state index is 1.07. The van der Waals surface area contributed by atoms with Crippen molar-refractivity contribution in [1.82, 2.24) is 0 Å². The van der Waals surface area contributed by atoms with Crippen LogP contribution < -0.4 is 0 Å². The van der Waals surface area contributed by atoms with Crippen molar-refractivity contribution in [1.29, 1.82) is 0 Å². The molecule has 0 aromatic heterocycles. The highest BCUT2D eigenvalue weighted by molar-refractivity contribution is 8.08. The summed E-state index contributed by atoms with van der Waals surface area (Å²) in [7, 11) is 0. The zero-order valence-electron chi connectivity index (χ0n) is 7.00. The van der Waals surface area contributed by atoms with E-state index in [1.807, 2.05) is 11.8 Å². The monoisotopic (exact) mass is 174 g/mol. The molecule has 0 fully saturated rings. The second-order valence-electron chi connectivity index (χ2n) is 2.86. The summed E-state index contributed by atoms with van der Waals surface area (Å²) in [5.74, 6) is 1.07. The largest absolute Gasteiger partial charge is 0.112 e. The van der Waals surface area contributed by atoms with Crippen LogP contribution in [-0.4, -0.2) is 5.75 Å². The van der Waals surface area contributed by atoms with E-state index in [-0.39, 0.29) is 0 Å². The van der Waals surface area contributed by atoms with Crippen LogP contribution in [0.3, 0.4) is 0 Å². The maximum atomic E-state index is 3.25. The van der Waals surface area contributed by atoms with E-state index in [2.05, 4.69) is 43.0 Å². The van der Waals surface area contributed by atoms with E-state index in [1.165, 1.54) is 16.0 Å². The lowest BCUT2D eigenvalue weighted by Crippen LogP contribution is -1.78. The molecule has 0 atom stereocenters. The van der Waals surface area contributed by atoms with E-state index in [0.717, 1.165) is 5.75 Å². The minimum Gasteiger partial charge on any atom is -0.112 e. The highest BCUT2D eigenvalue weighted by Crippen LogP contribution is 2.30. The van der Waals surface area contributed by atoms with Crippen molar-refractivity contribution in [3.8, 4) is 0 Å². The quantitative estimate of drug-likeness (QED) is 0.589. The van der Waals surface area contributed by atoms with Crippen molar-refractivity contribution >= 4 is 16.7 Å². The first-order valence-corrected chi connectivity index (χ1v) is 5.00. The SMILES string of the molecule is Cc1cccc(C2=C=CCS2)c1. The molecule has 0 radical (unpaired) electrons. The Morgan fingerprint density at radius 2 is 2.33 bits per heavy atom. The second kappa shape index (κ2) is 3.22. The summed E-state index contributed by atoms with van der Waals surface area (Å²) in [5.41, 5.74) is 5.87. The average Bonchev–Trinajstić information content (AvgIpc) is 2.56. The molecule has 0 N–H and O–H groups in total. The molecular weight excluding hydrogens is 164 g/mol. The van der Waals surface area contributed by atoms with Gasteiger partial charge in [-0.15, -0.1) is 17.5 Å². The highest BCUT2D eigenvalue weighted by atomic mass is 32.2. The van der Waals surface area contributed by atoms with Crippen molar-refractivity contribution in [2.24, 2.45) is 0 Å². The highest BCUT2D eigenvalue weighted by Gasteiger charge is 2.03. The van der Waals surface area contributed by atoms with Crippen molar-refractivity contribution in [2.45, 2.75) is 6.92 Å². The van der Waals surface area contributed by atoms with Gasteiger partial charge in [0, 0.05) is 5.75 Å². The van der Waals surface area contributed by atoms with Crippen LogP contribution in [0.1, 0.15) is 11.1 Å². The Bertz CT molecular complexity index is 357. The number of thioether (sulfide) groups is 1. The van der Waals surface area contributed by atoms with Gasteiger partial charge in [0.2, 0.25) is 0 Å². The standard InChI is InChI=1S/C11H10S/c1-9-4-2-5-10(8-9)11-6-3-7-12-11/h2-5,8H,7H2,1H3. The number of rotatable bonds is 1. The van der Waals surface area contributed by atoms with Crippen LogP contribution in [0.4, 0.5) is 0 Å². The number of aryl methyl sites for hydroxylation is 1. The first-order valence-electron chi connectivity index (χ1n) is 4.01. The molecule has 60 valence electrons. The molecule has 2 rings (SSSR count). The van der Waals surface area contributed by atoms with Crippen LogP contribution >= 0.6 is 11.8 Å². The van der Waals surface area contributed by atoms with Crippen molar-refractivity contribution < 1.29 is 0 Å². The molecule has 0 spiro atoms. The van der Waals surface area contributed by atoms with Gasteiger partial charge in [0.25, 0.3) is 0 Å². The van der Waals surface area contributed by atoms with Gasteiger partial charge in [-0.1, -0.05) is 29.8 Å². The first-order chi connectivity index (χ1) is 5.86. The molecule has 0 saturated heterocycles. The van der Waals surface area contributed by atoms with E-state index < -0.39 is 0 Å². The summed E-state index contributed by atoms with van der Waals surface area (Å²) < 4.78 is 0. The molecule has 0 nitrogen and oxygen atoms in total. The number of hydrogen-bond donors (Lipinski definition) is 0. The van der Waals surface area contributed by atoms with Gasteiger partial charge in [-0.2, -0.15) is 0 Å². The van der Waals surface area contributed by atoms with Crippen LogP contribution in [0, 0.1) is 6.92 Å². The van der Waals surface area contributed by atoms with Crippen LogP contribution in [0.15, 0.2) is 36.1 Å². The molecule has 1 heteroatoms. The van der Waals surface area contributed by atoms with Crippen LogP contribution in [0.5, 0.6) is 0 Å². The van der Waals surface area contributed by atoms with Gasteiger partial charge >= 0.3 is 0 Å². The van der Waals surface area contributed by atoms with Gasteiger partial charge in [-0.05, 0) is 18.6 Å². The molecule has 1 aromatic rings. The van der Waals surface area contributed by atoms with Crippen LogP contribution in [0.25, 0.3) is 4.91 Å². The molecule has 12 heavy (non-hydrogen) atoms. The normalized spacial score (nSPS) is 14.9. The van der Waals surface area contributed by atoms with Crippen molar-refractivity contribution in [3.63, 3.8) is 0 Å². The Morgan fingerprint density at radius 3 is 3.00 bits per heavy atom. The summed E-state index contributed by atoms with van der Waals surface area (Å²) in [6.45, 7) is 2.12. The van der Waals surface area contributed by atoms with Crippen molar-refractivity contribution in [2.75, 3.05) is 5.75 Å². The van der Waals surface area contributed by atoms with Gasteiger partial charge in [0.05, 0.1) is 4.91 Å². The van der Waals surface area contributed by atoms with Gasteiger partial charge in [-0.3, -0.25) is 0 Å². The molecular formula is C11H10S. The Balaban J connectivity index is 2.40. The Kier molecular flexibility index (Phi) is 2.07. The molecule has 1 heterocycles. The summed E-state index contributed by atoms with van der Waals surface area (Å²) >= 11 is 1.85. The number of hydrogen-bond acceptors (Lipinski definition) is 1. The summed E-state index contributed by atoms with van der Waals surface area (Å²) in [5, 5.41) is 0. The molecule has 1 aromatic carbocycles. The number of benzene rings is 1. The lowest BCUT2D eigenvalue weighted by Gasteiger charge is -2.00. The maximum Gasteiger partial charge on any atom is 0.0565 e. The fourth-order valence-electron chi connectivity index (χ4n) is 1.25. The second-order valence-corrected chi connectivity index (χ2v) is 3.89. The third-order valence-electron chi connectivity index (χ3n) is 1.82. The Morgan fingerprint density at radius 1 is 1.42 bits per heavy atom. The molecule has 0 unspecified atom stereocenters. The van der Waals surface area contributed by atoms with Gasteiger partial charge in [0.1, 0.15) is 0 Å². The van der Waals surface area contributed by atoms with Gasteiger partial charge < -0.3 is 0 Å². The lowest BCUT2D eigenvalue weighted by molar-refractivity contribution is 1.46. The van der Waals surface area contributed by atoms with E-state index >= 15 is 0 Å². The smallest absolute Gasteiger partial charge is 0.0565 e. The van der Waals surface area contributed by atoms with E-state index in [9.17, 15) is 0 Å². The van der Waals surface area contributed by atoms with E-state index in [0.29, 0.717) is 0 Å². The zero-order chi connectivity index (χ0) is 8.39. The fraction of sp³-hybridized carbons (Fsp3) is 0.182. The summed E-state index contributed by atoms with van der Waals surface area (Å²) in [4.78, 5) is 1.28. The minimum atomic E-state index is 1.07. The predicted molar refractivity (Wildman–Crippen MR) is 55.1 cm³/mol. The van der Waals surface area contributed by atoms with E-state index in [1.54, 1.807) is 0 Å². The third-order valence-corrected chi connectivity index (χ3v) is 2.80. The Hall–Kier alpha value is -0.910. The van der Waals surface area contributed by atoms with Crippen molar-refractivity contribution in [3.05, 3.63) is 47.2 Å². The predicted octanol–water partition coefficient (Wildman–Crippen LogP) is 3.24. The maximum absolute atomic E-state index is 3.25. The lowest BCUT2D eigenvalue weighted by atomic mass is 10.1. The molecule has 0 amide bonds. The molecule has 0 bridgehead atoms. The average molecular weight is 174 g/mol. The topological polar surface area (TPSA) is 0 Å².